The second kappa shape index (κ2) is 5.10. The van der Waals surface area contributed by atoms with Gasteiger partial charge in [-0.2, -0.15) is 0 Å². The molecule has 0 saturated carbocycles. The molecule has 19 heavy (non-hydrogen) atoms. The number of carbonyl (C=O) groups is 1. The van der Waals surface area contributed by atoms with Crippen LogP contribution in [0.4, 0.5) is 11.5 Å². The minimum Gasteiger partial charge on any atom is -0.397 e. The average molecular weight is 255 g/mol. The fraction of sp³-hybridized carbons (Fsp3) is 0.200. The first kappa shape index (κ1) is 13.1. The van der Waals surface area contributed by atoms with Crippen molar-refractivity contribution in [3.05, 3.63) is 52.7 Å². The largest absolute Gasteiger partial charge is 0.397 e. The summed E-state index contributed by atoms with van der Waals surface area (Å²) in [6, 6.07) is 7.51. The van der Waals surface area contributed by atoms with Crippen LogP contribution < -0.4 is 11.1 Å². The molecule has 0 aliphatic heterocycles. The number of nitrogens with two attached hydrogens (primary N) is 1. The molecule has 0 bridgehead atoms. The van der Waals surface area contributed by atoms with Gasteiger partial charge in [0.05, 0.1) is 11.9 Å². The molecule has 1 amide bonds. The molecule has 0 spiro atoms. The second-order valence-electron chi connectivity index (χ2n) is 4.71. The first-order valence-corrected chi connectivity index (χ1v) is 6.08. The van der Waals surface area contributed by atoms with Gasteiger partial charge in [0, 0.05) is 5.56 Å². The van der Waals surface area contributed by atoms with Gasteiger partial charge in [-0.25, -0.2) is 4.98 Å². The molecule has 0 aliphatic rings. The zero-order valence-corrected chi connectivity index (χ0v) is 11.3. The molecule has 2 aromatic rings. The van der Waals surface area contributed by atoms with E-state index in [9.17, 15) is 4.79 Å². The van der Waals surface area contributed by atoms with Gasteiger partial charge < -0.3 is 11.1 Å². The van der Waals surface area contributed by atoms with Crippen LogP contribution in [0.1, 0.15) is 27.0 Å². The van der Waals surface area contributed by atoms with Crippen LogP contribution in [0.15, 0.2) is 30.5 Å². The van der Waals surface area contributed by atoms with E-state index in [0.717, 1.165) is 16.7 Å². The molecule has 0 aliphatic carbocycles. The van der Waals surface area contributed by atoms with E-state index in [4.69, 9.17) is 5.73 Å². The van der Waals surface area contributed by atoms with E-state index in [2.05, 4.69) is 10.3 Å². The lowest BCUT2D eigenvalue weighted by molar-refractivity contribution is 0.102. The van der Waals surface area contributed by atoms with Crippen molar-refractivity contribution in [2.45, 2.75) is 20.8 Å². The van der Waals surface area contributed by atoms with Crippen LogP contribution in [0.2, 0.25) is 0 Å². The summed E-state index contributed by atoms with van der Waals surface area (Å²) in [4.78, 5) is 16.3. The Morgan fingerprint density at radius 2 is 1.89 bits per heavy atom. The van der Waals surface area contributed by atoms with E-state index in [1.807, 2.05) is 39.0 Å². The number of hydrogen-bond acceptors (Lipinski definition) is 3. The third-order valence-corrected chi connectivity index (χ3v) is 2.96. The highest BCUT2D eigenvalue weighted by molar-refractivity contribution is 6.05. The number of nitrogens with one attached hydrogen (secondary N) is 1. The standard InChI is InChI=1S/C15H17N3O/c1-9-4-5-13(10(2)6-9)15(19)18-14-11(3)7-12(16)8-17-14/h4-8H,16H2,1-3H3,(H,17,18,19). The first-order valence-electron chi connectivity index (χ1n) is 6.08. The van der Waals surface area contributed by atoms with Gasteiger partial charge in [0.25, 0.3) is 5.91 Å². The van der Waals surface area contributed by atoms with Crippen LogP contribution in [0, 0.1) is 20.8 Å². The zero-order chi connectivity index (χ0) is 14.0. The van der Waals surface area contributed by atoms with E-state index < -0.39 is 0 Å². The van der Waals surface area contributed by atoms with E-state index in [-0.39, 0.29) is 5.91 Å². The van der Waals surface area contributed by atoms with Crippen molar-refractivity contribution in [2.24, 2.45) is 0 Å². The predicted molar refractivity (Wildman–Crippen MR) is 77.3 cm³/mol. The number of benzene rings is 1. The molecule has 4 nitrogen and oxygen atoms in total. The van der Waals surface area contributed by atoms with Crippen molar-refractivity contribution in [1.82, 2.24) is 4.98 Å². The summed E-state index contributed by atoms with van der Waals surface area (Å²) in [5.41, 5.74) is 9.81. The Balaban J connectivity index is 2.25. The Morgan fingerprint density at radius 1 is 1.16 bits per heavy atom. The van der Waals surface area contributed by atoms with Gasteiger partial charge in [0.2, 0.25) is 0 Å². The summed E-state index contributed by atoms with van der Waals surface area (Å²) in [6.45, 7) is 5.78. The summed E-state index contributed by atoms with van der Waals surface area (Å²) >= 11 is 0. The van der Waals surface area contributed by atoms with Gasteiger partial charge in [0.15, 0.2) is 0 Å². The van der Waals surface area contributed by atoms with Gasteiger partial charge >= 0.3 is 0 Å². The lowest BCUT2D eigenvalue weighted by atomic mass is 10.1. The molecule has 0 unspecified atom stereocenters. The predicted octanol–water partition coefficient (Wildman–Crippen LogP) is 2.84. The van der Waals surface area contributed by atoms with Gasteiger partial charge in [-0.05, 0) is 44.0 Å². The number of carbonyl (C=O) groups excluding carboxylic acids is 1. The molecule has 4 heteroatoms. The third kappa shape index (κ3) is 2.91. The van der Waals surface area contributed by atoms with Crippen molar-refractivity contribution < 1.29 is 4.79 Å². The second-order valence-corrected chi connectivity index (χ2v) is 4.71. The molecule has 0 saturated heterocycles. The maximum atomic E-state index is 12.2. The Hall–Kier alpha value is -2.36. The molecule has 3 N–H and O–H groups in total. The number of hydrogen-bond donors (Lipinski definition) is 2. The van der Waals surface area contributed by atoms with E-state index >= 15 is 0 Å². The Bertz CT molecular complexity index is 635. The van der Waals surface area contributed by atoms with Gasteiger partial charge in [-0.3, -0.25) is 4.79 Å². The summed E-state index contributed by atoms with van der Waals surface area (Å²) in [7, 11) is 0. The number of anilines is 2. The zero-order valence-electron chi connectivity index (χ0n) is 11.3. The van der Waals surface area contributed by atoms with E-state index in [1.54, 1.807) is 6.07 Å². The topological polar surface area (TPSA) is 68.0 Å². The van der Waals surface area contributed by atoms with Crippen LogP contribution in [-0.2, 0) is 0 Å². The molecule has 2 rings (SSSR count). The van der Waals surface area contributed by atoms with Crippen molar-refractivity contribution in [1.29, 1.82) is 0 Å². The van der Waals surface area contributed by atoms with Crippen molar-refractivity contribution in [3.8, 4) is 0 Å². The SMILES string of the molecule is Cc1ccc(C(=O)Nc2ncc(N)cc2C)c(C)c1. The minimum absolute atomic E-state index is 0.155. The fourth-order valence-electron chi connectivity index (χ4n) is 1.97. The lowest BCUT2D eigenvalue weighted by Gasteiger charge is -2.10. The maximum Gasteiger partial charge on any atom is 0.257 e. The van der Waals surface area contributed by atoms with Crippen LogP contribution in [0.5, 0.6) is 0 Å². The van der Waals surface area contributed by atoms with Crippen LogP contribution in [0.3, 0.4) is 0 Å². The number of nitrogens with zero attached hydrogens (tertiary/aromatic N) is 1. The van der Waals surface area contributed by atoms with Gasteiger partial charge in [-0.15, -0.1) is 0 Å². The molecular weight excluding hydrogens is 238 g/mol. The summed E-state index contributed by atoms with van der Waals surface area (Å²) < 4.78 is 0. The fourth-order valence-corrected chi connectivity index (χ4v) is 1.97. The highest BCUT2D eigenvalue weighted by atomic mass is 16.1. The lowest BCUT2D eigenvalue weighted by Crippen LogP contribution is -2.15. The van der Waals surface area contributed by atoms with E-state index in [0.29, 0.717) is 17.1 Å². The quantitative estimate of drug-likeness (QED) is 0.867. The van der Waals surface area contributed by atoms with Crippen molar-refractivity contribution in [2.75, 3.05) is 11.1 Å². The first-order chi connectivity index (χ1) is 8.97. The minimum atomic E-state index is -0.155. The monoisotopic (exact) mass is 255 g/mol. The molecule has 0 fully saturated rings. The third-order valence-electron chi connectivity index (χ3n) is 2.96. The van der Waals surface area contributed by atoms with Crippen LogP contribution in [0.25, 0.3) is 0 Å². The Labute approximate surface area is 112 Å². The summed E-state index contributed by atoms with van der Waals surface area (Å²) in [5.74, 6) is 0.386. The number of aryl methyl sites for hydroxylation is 3. The van der Waals surface area contributed by atoms with Gasteiger partial charge in [0.1, 0.15) is 5.82 Å². The number of pyridine rings is 1. The Kier molecular flexibility index (Phi) is 3.51. The number of rotatable bonds is 2. The summed E-state index contributed by atoms with van der Waals surface area (Å²) in [5, 5.41) is 2.81. The highest BCUT2D eigenvalue weighted by Gasteiger charge is 2.11. The normalized spacial score (nSPS) is 10.3. The van der Waals surface area contributed by atoms with Crippen molar-refractivity contribution >= 4 is 17.4 Å². The molecule has 1 aromatic heterocycles. The Morgan fingerprint density at radius 3 is 2.53 bits per heavy atom. The highest BCUT2D eigenvalue weighted by Crippen LogP contribution is 2.17. The smallest absolute Gasteiger partial charge is 0.257 e. The maximum absolute atomic E-state index is 12.2. The van der Waals surface area contributed by atoms with Gasteiger partial charge in [-0.1, -0.05) is 17.7 Å². The number of aromatic nitrogens is 1. The molecule has 0 atom stereocenters. The number of amides is 1. The average Bonchev–Trinajstić information content (AvgIpc) is 2.32. The molecule has 98 valence electrons. The van der Waals surface area contributed by atoms with Crippen LogP contribution >= 0.6 is 0 Å². The number of nitrogen functional groups attached to an aromatic ring is 1. The van der Waals surface area contributed by atoms with Crippen LogP contribution in [-0.4, -0.2) is 10.9 Å². The molecule has 1 aromatic carbocycles. The molecule has 1 heterocycles. The molecule has 0 radical (unpaired) electrons. The van der Waals surface area contributed by atoms with Crippen molar-refractivity contribution in [3.63, 3.8) is 0 Å². The molecular formula is C15H17N3O. The van der Waals surface area contributed by atoms with E-state index in [1.165, 1.54) is 6.20 Å². The summed E-state index contributed by atoms with van der Waals surface area (Å²) in [6.07, 6.45) is 1.53.